The molecule has 3 heterocycles. The highest BCUT2D eigenvalue weighted by atomic mass is 16.5. The van der Waals surface area contributed by atoms with Gasteiger partial charge < -0.3 is 14.6 Å². The van der Waals surface area contributed by atoms with Crippen molar-refractivity contribution in [2.45, 2.75) is 44.2 Å². The first-order valence-corrected chi connectivity index (χ1v) is 11.6. The van der Waals surface area contributed by atoms with Crippen LogP contribution < -0.4 is 9.47 Å². The molecule has 0 amide bonds. The summed E-state index contributed by atoms with van der Waals surface area (Å²) in [6.45, 7) is 4.10. The lowest BCUT2D eigenvalue weighted by Crippen LogP contribution is -2.55. The van der Waals surface area contributed by atoms with E-state index in [1.54, 1.807) is 14.2 Å². The third kappa shape index (κ3) is 3.54. The monoisotopic (exact) mass is 432 g/mol. The smallest absolute Gasteiger partial charge is 0.161 e. The van der Waals surface area contributed by atoms with E-state index in [4.69, 9.17) is 14.5 Å². The topological polar surface area (TPSA) is 54.8 Å². The van der Waals surface area contributed by atoms with E-state index in [1.807, 2.05) is 12.3 Å². The quantitative estimate of drug-likeness (QED) is 0.641. The first-order chi connectivity index (χ1) is 15.6. The highest BCUT2D eigenvalue weighted by Crippen LogP contribution is 2.47. The molecule has 5 nitrogen and oxygen atoms in total. The number of hydrogen-bond acceptors (Lipinski definition) is 5. The van der Waals surface area contributed by atoms with E-state index in [9.17, 15) is 5.11 Å². The molecule has 2 aliphatic heterocycles. The second-order valence-electron chi connectivity index (χ2n) is 9.24. The Bertz CT molecular complexity index is 1130. The first-order valence-electron chi connectivity index (χ1n) is 11.6. The molecule has 5 heteroatoms. The number of rotatable bonds is 5. The van der Waals surface area contributed by atoms with Crippen LogP contribution in [-0.4, -0.2) is 47.9 Å². The van der Waals surface area contributed by atoms with Crippen LogP contribution in [0, 0.1) is 5.92 Å². The minimum absolute atomic E-state index is 0.168. The molecule has 5 rings (SSSR count). The maximum Gasteiger partial charge on any atom is 0.161 e. The van der Waals surface area contributed by atoms with Crippen LogP contribution >= 0.6 is 0 Å². The van der Waals surface area contributed by atoms with Crippen molar-refractivity contribution in [2.24, 2.45) is 5.92 Å². The van der Waals surface area contributed by atoms with Gasteiger partial charge in [0.2, 0.25) is 0 Å². The maximum absolute atomic E-state index is 12.1. The Morgan fingerprint density at radius 3 is 2.69 bits per heavy atom. The largest absolute Gasteiger partial charge is 0.493 e. The van der Waals surface area contributed by atoms with Crippen LogP contribution in [0.1, 0.15) is 42.6 Å². The van der Waals surface area contributed by atoms with E-state index in [0.717, 1.165) is 48.5 Å². The number of hydrogen-bond donors (Lipinski definition) is 1. The van der Waals surface area contributed by atoms with Crippen molar-refractivity contribution in [3.63, 3.8) is 0 Å². The van der Waals surface area contributed by atoms with Crippen molar-refractivity contribution in [1.82, 2.24) is 9.88 Å². The molecule has 32 heavy (non-hydrogen) atoms. The van der Waals surface area contributed by atoms with Crippen LogP contribution in [0.2, 0.25) is 0 Å². The van der Waals surface area contributed by atoms with Gasteiger partial charge in [0, 0.05) is 43.1 Å². The van der Waals surface area contributed by atoms with Gasteiger partial charge in [-0.15, -0.1) is 0 Å². The van der Waals surface area contributed by atoms with Gasteiger partial charge in [-0.1, -0.05) is 31.2 Å². The van der Waals surface area contributed by atoms with Crippen LogP contribution in [-0.2, 0) is 12.8 Å². The van der Waals surface area contributed by atoms with E-state index >= 15 is 0 Å². The fourth-order valence-corrected chi connectivity index (χ4v) is 5.83. The van der Waals surface area contributed by atoms with Gasteiger partial charge in [0.15, 0.2) is 11.5 Å². The lowest BCUT2D eigenvalue weighted by Gasteiger charge is -2.51. The molecular weight excluding hydrogens is 400 g/mol. The molecule has 1 aromatic heterocycles. The Balaban J connectivity index is 1.53. The summed E-state index contributed by atoms with van der Waals surface area (Å²) in [7, 11) is 3.36. The van der Waals surface area contributed by atoms with E-state index in [2.05, 4.69) is 48.2 Å². The van der Waals surface area contributed by atoms with Gasteiger partial charge in [-0.25, -0.2) is 0 Å². The fourth-order valence-electron chi connectivity index (χ4n) is 5.83. The van der Waals surface area contributed by atoms with Crippen LogP contribution in [0.4, 0.5) is 0 Å². The number of methoxy groups -OCH3 is 2. The molecule has 3 aromatic rings. The van der Waals surface area contributed by atoms with Crippen LogP contribution in [0.25, 0.3) is 10.8 Å². The summed E-state index contributed by atoms with van der Waals surface area (Å²) in [6, 6.07) is 14.8. The van der Waals surface area contributed by atoms with Crippen molar-refractivity contribution in [2.75, 3.05) is 27.3 Å². The molecule has 0 bridgehead atoms. The molecule has 2 aromatic carbocycles. The predicted octanol–water partition coefficient (Wildman–Crippen LogP) is 4.55. The third-order valence-corrected chi connectivity index (χ3v) is 7.60. The van der Waals surface area contributed by atoms with Crippen molar-refractivity contribution < 1.29 is 14.6 Å². The van der Waals surface area contributed by atoms with Gasteiger partial charge >= 0.3 is 0 Å². The summed E-state index contributed by atoms with van der Waals surface area (Å²) < 4.78 is 11.1. The summed E-state index contributed by atoms with van der Waals surface area (Å²) in [5, 5.41) is 14.4. The van der Waals surface area contributed by atoms with Crippen molar-refractivity contribution in [3.8, 4) is 11.5 Å². The maximum atomic E-state index is 12.1. The number of fused-ring (bicyclic) bond motifs is 4. The van der Waals surface area contributed by atoms with Gasteiger partial charge in [-0.05, 0) is 54.0 Å². The Labute approximate surface area is 190 Å². The predicted molar refractivity (Wildman–Crippen MR) is 126 cm³/mol. The number of ether oxygens (including phenoxy) is 2. The Morgan fingerprint density at radius 1 is 1.12 bits per heavy atom. The van der Waals surface area contributed by atoms with E-state index in [0.29, 0.717) is 12.8 Å². The summed E-state index contributed by atoms with van der Waals surface area (Å²) in [4.78, 5) is 7.25. The minimum atomic E-state index is -0.811. The van der Waals surface area contributed by atoms with Crippen molar-refractivity contribution >= 4 is 10.8 Å². The van der Waals surface area contributed by atoms with E-state index < -0.39 is 5.60 Å². The average Bonchev–Trinajstić information content (AvgIpc) is 2.82. The molecule has 2 aliphatic rings. The lowest BCUT2D eigenvalue weighted by atomic mass is 9.70. The number of benzene rings is 2. The zero-order chi connectivity index (χ0) is 22.3. The van der Waals surface area contributed by atoms with Crippen LogP contribution in [0.5, 0.6) is 11.5 Å². The second-order valence-corrected chi connectivity index (χ2v) is 9.24. The molecule has 0 aliphatic carbocycles. The van der Waals surface area contributed by atoms with Crippen LogP contribution in [0.3, 0.4) is 0 Å². The minimum Gasteiger partial charge on any atom is -0.493 e. The van der Waals surface area contributed by atoms with E-state index in [1.165, 1.54) is 16.5 Å². The summed E-state index contributed by atoms with van der Waals surface area (Å²) in [5.41, 5.74) is 2.73. The van der Waals surface area contributed by atoms with Crippen molar-refractivity contribution in [3.05, 3.63) is 65.5 Å². The zero-order valence-corrected chi connectivity index (χ0v) is 19.2. The molecule has 1 N–H and O–H groups in total. The highest BCUT2D eigenvalue weighted by molar-refractivity contribution is 5.84. The van der Waals surface area contributed by atoms with Gasteiger partial charge in [-0.2, -0.15) is 0 Å². The summed E-state index contributed by atoms with van der Waals surface area (Å²) in [5.74, 6) is 1.74. The standard InChI is InChI=1S/C27H32N2O3/c1-4-20-17-29-12-10-19-13-25(31-2)26(32-3)14-22(19)24(29)16-27(20,30)15-23-21-8-6-5-7-18(21)9-11-28-23/h5-9,11,13-14,20,24,30H,4,10,12,15-17H2,1-3H3. The van der Waals surface area contributed by atoms with Crippen molar-refractivity contribution in [1.29, 1.82) is 0 Å². The number of pyridine rings is 1. The average molecular weight is 433 g/mol. The fraction of sp³-hybridized carbons (Fsp3) is 0.444. The molecule has 0 spiro atoms. The summed E-state index contributed by atoms with van der Waals surface area (Å²) in [6.07, 6.45) is 5.07. The molecule has 1 fully saturated rings. The first kappa shape index (κ1) is 21.2. The van der Waals surface area contributed by atoms with Gasteiger partial charge in [0.1, 0.15) is 0 Å². The molecule has 168 valence electrons. The normalized spacial score (nSPS) is 25.2. The number of piperidine rings is 1. The SMILES string of the molecule is CCC1CN2CCc3cc(OC)c(OC)cc3C2CC1(O)Cc1nccc2ccccc12. The molecule has 0 saturated carbocycles. The Hall–Kier alpha value is -2.63. The second kappa shape index (κ2) is 8.38. The Morgan fingerprint density at radius 2 is 1.91 bits per heavy atom. The molecular formula is C27H32N2O3. The zero-order valence-electron chi connectivity index (χ0n) is 19.2. The van der Waals surface area contributed by atoms with Crippen LogP contribution in [0.15, 0.2) is 48.7 Å². The van der Waals surface area contributed by atoms with Gasteiger partial charge in [0.25, 0.3) is 0 Å². The number of aromatic nitrogens is 1. The molecule has 1 saturated heterocycles. The van der Waals surface area contributed by atoms with Gasteiger partial charge in [-0.3, -0.25) is 9.88 Å². The lowest BCUT2D eigenvalue weighted by molar-refractivity contribution is -0.0986. The van der Waals surface area contributed by atoms with E-state index in [-0.39, 0.29) is 12.0 Å². The third-order valence-electron chi connectivity index (χ3n) is 7.60. The van der Waals surface area contributed by atoms with Gasteiger partial charge in [0.05, 0.1) is 25.5 Å². The Kier molecular flexibility index (Phi) is 5.56. The molecule has 3 atom stereocenters. The molecule has 3 unspecified atom stereocenters. The summed E-state index contributed by atoms with van der Waals surface area (Å²) >= 11 is 0. The number of aliphatic hydroxyl groups is 1. The molecule has 0 radical (unpaired) electrons. The number of nitrogens with zero attached hydrogens (tertiary/aromatic N) is 2. The highest BCUT2D eigenvalue weighted by Gasteiger charge is 2.47.